The molecule has 1 saturated carbocycles. The van der Waals surface area contributed by atoms with Gasteiger partial charge >= 0.3 is 5.97 Å². The summed E-state index contributed by atoms with van der Waals surface area (Å²) in [5.41, 5.74) is 7.25. The summed E-state index contributed by atoms with van der Waals surface area (Å²) in [4.78, 5) is 15.5. The Labute approximate surface area is 201 Å². The SMILES string of the molecule is Cc1cc(C(CC(c2ccc(C3CCC(C(=O)O)CC3)cc2)c2ccccc2C)=NO)ccn1. The van der Waals surface area contributed by atoms with Gasteiger partial charge in [0.2, 0.25) is 0 Å². The fourth-order valence-corrected chi connectivity index (χ4v) is 5.19. The van der Waals surface area contributed by atoms with E-state index in [-0.39, 0.29) is 11.8 Å². The standard InChI is InChI=1S/C29H32N2O3/c1-19-5-3-4-6-26(19)27(18-28(31-34)25-15-16-30-20(2)17-25)23-11-7-21(8-12-23)22-9-13-24(14-10-22)29(32)33/h3-8,11-12,15-17,22,24,27,34H,9-10,13-14,18H2,1-2H3,(H,32,33). The number of hydrogen-bond acceptors (Lipinski definition) is 4. The second-order valence-corrected chi connectivity index (χ2v) is 9.40. The lowest BCUT2D eigenvalue weighted by Gasteiger charge is -2.27. The molecule has 1 heterocycles. The van der Waals surface area contributed by atoms with Gasteiger partial charge < -0.3 is 10.3 Å². The van der Waals surface area contributed by atoms with Crippen LogP contribution in [0.1, 0.15) is 77.5 Å². The van der Waals surface area contributed by atoms with Crippen molar-refractivity contribution in [1.82, 2.24) is 4.98 Å². The van der Waals surface area contributed by atoms with Crippen LogP contribution in [0.3, 0.4) is 0 Å². The molecule has 1 atom stereocenters. The average molecular weight is 457 g/mol. The lowest BCUT2D eigenvalue weighted by molar-refractivity contribution is -0.142. The van der Waals surface area contributed by atoms with Gasteiger partial charge in [0, 0.05) is 29.8 Å². The van der Waals surface area contributed by atoms with Crippen LogP contribution in [0.4, 0.5) is 0 Å². The molecule has 2 aromatic carbocycles. The van der Waals surface area contributed by atoms with Crippen LogP contribution in [-0.4, -0.2) is 27.0 Å². The fraction of sp³-hybridized carbons (Fsp3) is 0.345. The molecule has 5 nitrogen and oxygen atoms in total. The number of oxime groups is 1. The Morgan fingerprint density at radius 3 is 2.35 bits per heavy atom. The third-order valence-electron chi connectivity index (χ3n) is 7.20. The predicted molar refractivity (Wildman–Crippen MR) is 134 cm³/mol. The van der Waals surface area contributed by atoms with Gasteiger partial charge in [-0.1, -0.05) is 53.7 Å². The third-order valence-corrected chi connectivity index (χ3v) is 7.20. The molecule has 1 fully saturated rings. The zero-order valence-electron chi connectivity index (χ0n) is 19.8. The molecule has 0 saturated heterocycles. The number of pyridine rings is 1. The number of carboxylic acids is 1. The summed E-state index contributed by atoms with van der Waals surface area (Å²) in [6.07, 6.45) is 5.63. The first-order valence-electron chi connectivity index (χ1n) is 12.0. The molecule has 2 N–H and O–H groups in total. The monoisotopic (exact) mass is 456 g/mol. The van der Waals surface area contributed by atoms with Crippen LogP contribution in [0, 0.1) is 19.8 Å². The minimum absolute atomic E-state index is 0.0392. The molecule has 4 rings (SSSR count). The summed E-state index contributed by atoms with van der Waals surface area (Å²) in [6.45, 7) is 4.05. The van der Waals surface area contributed by atoms with Gasteiger partial charge in [0.05, 0.1) is 11.6 Å². The van der Waals surface area contributed by atoms with E-state index < -0.39 is 5.97 Å². The highest BCUT2D eigenvalue weighted by molar-refractivity contribution is 6.01. The quantitative estimate of drug-likeness (QED) is 0.243. The van der Waals surface area contributed by atoms with E-state index in [1.165, 1.54) is 22.3 Å². The van der Waals surface area contributed by atoms with Crippen molar-refractivity contribution in [3.63, 3.8) is 0 Å². The topological polar surface area (TPSA) is 82.8 Å². The smallest absolute Gasteiger partial charge is 0.306 e. The number of carbonyl (C=O) groups is 1. The average Bonchev–Trinajstić information content (AvgIpc) is 2.86. The Morgan fingerprint density at radius 1 is 1.03 bits per heavy atom. The molecule has 1 aliphatic rings. The Balaban J connectivity index is 1.61. The van der Waals surface area contributed by atoms with E-state index in [1.54, 1.807) is 6.20 Å². The maximum Gasteiger partial charge on any atom is 0.306 e. The van der Waals surface area contributed by atoms with Crippen molar-refractivity contribution in [3.8, 4) is 0 Å². The van der Waals surface area contributed by atoms with Gasteiger partial charge in [0.25, 0.3) is 0 Å². The van der Waals surface area contributed by atoms with Crippen molar-refractivity contribution in [2.75, 3.05) is 0 Å². The minimum atomic E-state index is -0.666. The molecule has 0 spiro atoms. The van der Waals surface area contributed by atoms with Gasteiger partial charge in [0.1, 0.15) is 0 Å². The van der Waals surface area contributed by atoms with Crippen molar-refractivity contribution in [2.45, 2.75) is 57.8 Å². The Kier molecular flexibility index (Phi) is 7.41. The summed E-state index contributed by atoms with van der Waals surface area (Å²) >= 11 is 0. The van der Waals surface area contributed by atoms with E-state index in [2.05, 4.69) is 59.5 Å². The van der Waals surface area contributed by atoms with E-state index in [0.29, 0.717) is 18.1 Å². The Hall–Kier alpha value is -3.47. The number of nitrogens with zero attached hydrogens (tertiary/aromatic N) is 2. The van der Waals surface area contributed by atoms with Crippen LogP contribution in [0.2, 0.25) is 0 Å². The Bertz CT molecular complexity index is 1160. The third kappa shape index (κ3) is 5.36. The molecule has 34 heavy (non-hydrogen) atoms. The summed E-state index contributed by atoms with van der Waals surface area (Å²) < 4.78 is 0. The molecule has 176 valence electrons. The maximum absolute atomic E-state index is 11.3. The van der Waals surface area contributed by atoms with Gasteiger partial charge in [-0.2, -0.15) is 0 Å². The first kappa shape index (κ1) is 23.7. The number of carboxylic acid groups (broad SMARTS) is 1. The molecule has 0 bridgehead atoms. The fourth-order valence-electron chi connectivity index (χ4n) is 5.19. The molecule has 0 radical (unpaired) electrons. The number of hydrogen-bond donors (Lipinski definition) is 2. The van der Waals surface area contributed by atoms with E-state index in [9.17, 15) is 15.1 Å². The van der Waals surface area contributed by atoms with Crippen LogP contribution in [0.5, 0.6) is 0 Å². The normalized spacial score (nSPS) is 19.5. The van der Waals surface area contributed by atoms with Gasteiger partial charge in [-0.05, 0) is 79.8 Å². The second-order valence-electron chi connectivity index (χ2n) is 9.40. The molecule has 1 aromatic heterocycles. The van der Waals surface area contributed by atoms with Gasteiger partial charge in [0.15, 0.2) is 0 Å². The first-order chi connectivity index (χ1) is 16.5. The van der Waals surface area contributed by atoms with E-state index in [1.807, 2.05) is 25.1 Å². The zero-order chi connectivity index (χ0) is 24.1. The highest BCUT2D eigenvalue weighted by atomic mass is 16.4. The lowest BCUT2D eigenvalue weighted by atomic mass is 9.78. The molecule has 5 heteroatoms. The van der Waals surface area contributed by atoms with E-state index >= 15 is 0 Å². The minimum Gasteiger partial charge on any atom is -0.481 e. The molecule has 3 aromatic rings. The summed E-state index contributed by atoms with van der Waals surface area (Å²) in [7, 11) is 0. The van der Waals surface area contributed by atoms with Crippen LogP contribution >= 0.6 is 0 Å². The highest BCUT2D eigenvalue weighted by Crippen LogP contribution is 2.37. The zero-order valence-corrected chi connectivity index (χ0v) is 19.8. The summed E-state index contributed by atoms with van der Waals surface area (Å²) in [5.74, 6) is -0.414. The number of aryl methyl sites for hydroxylation is 2. The van der Waals surface area contributed by atoms with Crippen molar-refractivity contribution in [2.24, 2.45) is 11.1 Å². The second kappa shape index (κ2) is 10.6. The number of benzene rings is 2. The van der Waals surface area contributed by atoms with Crippen molar-refractivity contribution in [1.29, 1.82) is 0 Å². The molecular weight excluding hydrogens is 424 g/mol. The van der Waals surface area contributed by atoms with Crippen molar-refractivity contribution >= 4 is 11.7 Å². The van der Waals surface area contributed by atoms with E-state index in [0.717, 1.165) is 36.9 Å². The van der Waals surface area contributed by atoms with Crippen LogP contribution in [-0.2, 0) is 4.79 Å². The van der Waals surface area contributed by atoms with Gasteiger partial charge in [-0.3, -0.25) is 9.78 Å². The lowest BCUT2D eigenvalue weighted by Crippen LogP contribution is -2.20. The number of aliphatic carboxylic acids is 1. The largest absolute Gasteiger partial charge is 0.481 e. The Morgan fingerprint density at radius 2 is 1.74 bits per heavy atom. The van der Waals surface area contributed by atoms with Crippen LogP contribution < -0.4 is 0 Å². The highest BCUT2D eigenvalue weighted by Gasteiger charge is 2.27. The van der Waals surface area contributed by atoms with Crippen LogP contribution in [0.15, 0.2) is 72.0 Å². The van der Waals surface area contributed by atoms with Crippen molar-refractivity contribution in [3.05, 3.63) is 100 Å². The molecular formula is C29H32N2O3. The van der Waals surface area contributed by atoms with Gasteiger partial charge in [-0.15, -0.1) is 0 Å². The predicted octanol–water partition coefficient (Wildman–Crippen LogP) is 6.46. The van der Waals surface area contributed by atoms with E-state index in [4.69, 9.17) is 0 Å². The summed E-state index contributed by atoms with van der Waals surface area (Å²) in [5, 5.41) is 22.8. The number of rotatable bonds is 7. The first-order valence-corrected chi connectivity index (χ1v) is 12.0. The molecule has 1 aliphatic carbocycles. The maximum atomic E-state index is 11.3. The number of aromatic nitrogens is 1. The van der Waals surface area contributed by atoms with Gasteiger partial charge in [-0.25, -0.2) is 0 Å². The van der Waals surface area contributed by atoms with Crippen molar-refractivity contribution < 1.29 is 15.1 Å². The summed E-state index contributed by atoms with van der Waals surface area (Å²) in [6, 6.07) is 20.9. The van der Waals surface area contributed by atoms with Crippen LogP contribution in [0.25, 0.3) is 0 Å². The molecule has 0 aliphatic heterocycles. The molecule has 0 amide bonds. The molecule has 1 unspecified atom stereocenters.